The van der Waals surface area contributed by atoms with E-state index in [1.54, 1.807) is 7.11 Å². The van der Waals surface area contributed by atoms with Crippen molar-refractivity contribution in [3.05, 3.63) is 29.8 Å². The van der Waals surface area contributed by atoms with Crippen LogP contribution >= 0.6 is 7.60 Å². The maximum atomic E-state index is 13.4. The van der Waals surface area contributed by atoms with Crippen LogP contribution in [0.4, 0.5) is 0 Å². The summed E-state index contributed by atoms with van der Waals surface area (Å²) in [5, 5.41) is 0. The van der Waals surface area contributed by atoms with E-state index in [0.717, 1.165) is 24.2 Å². The first-order chi connectivity index (χ1) is 12.1. The molecule has 1 aliphatic rings. The van der Waals surface area contributed by atoms with Crippen LogP contribution in [0.3, 0.4) is 0 Å². The Balaban J connectivity index is 2.31. The molecule has 0 aliphatic heterocycles. The molecule has 0 radical (unpaired) electrons. The summed E-state index contributed by atoms with van der Waals surface area (Å²) in [5.74, 6) is 0.563. The Bertz CT molecular complexity index is 572. The van der Waals surface area contributed by atoms with Gasteiger partial charge in [-0.2, -0.15) is 0 Å². The van der Waals surface area contributed by atoms with Crippen molar-refractivity contribution >= 4 is 13.8 Å². The molecule has 0 heterocycles. The topological polar surface area (TPSA) is 57.1 Å². The van der Waals surface area contributed by atoms with Crippen molar-refractivity contribution in [2.75, 3.05) is 20.3 Å². The molecular formula is C19H30NO4P. The predicted octanol–water partition coefficient (Wildman–Crippen LogP) is 5.61. The third-order valence-corrected chi connectivity index (χ3v) is 6.69. The Hall–Kier alpha value is -1.16. The summed E-state index contributed by atoms with van der Waals surface area (Å²) in [6.45, 7) is 4.29. The summed E-state index contributed by atoms with van der Waals surface area (Å²) >= 11 is 0. The highest BCUT2D eigenvalue weighted by molar-refractivity contribution is 7.54. The van der Waals surface area contributed by atoms with Crippen LogP contribution in [0, 0.1) is 5.92 Å². The van der Waals surface area contributed by atoms with Crippen LogP contribution in [0.2, 0.25) is 0 Å². The summed E-state index contributed by atoms with van der Waals surface area (Å²) in [6.07, 6.45) is 8.02. The van der Waals surface area contributed by atoms with Crippen molar-refractivity contribution in [2.24, 2.45) is 10.9 Å². The fourth-order valence-corrected chi connectivity index (χ4v) is 5.01. The lowest BCUT2D eigenvalue weighted by molar-refractivity contribution is 0.212. The molecule has 1 atom stereocenters. The van der Waals surface area contributed by atoms with Gasteiger partial charge in [0, 0.05) is 6.21 Å². The van der Waals surface area contributed by atoms with Gasteiger partial charge in [-0.15, -0.1) is 0 Å². The Morgan fingerprint density at radius 1 is 1.12 bits per heavy atom. The molecule has 1 aromatic rings. The molecule has 0 saturated heterocycles. The Kier molecular flexibility index (Phi) is 8.14. The lowest BCUT2D eigenvalue weighted by Crippen LogP contribution is -2.10. The molecule has 0 bridgehead atoms. The SMILES string of the molecule is CCOP(=O)(OCC)C(/N=C/C1CCCCC1)c1ccc(OC)cc1. The summed E-state index contributed by atoms with van der Waals surface area (Å²) in [6, 6.07) is 7.46. The van der Waals surface area contributed by atoms with Crippen molar-refractivity contribution in [3.8, 4) is 5.75 Å². The van der Waals surface area contributed by atoms with Crippen LogP contribution in [0.15, 0.2) is 29.3 Å². The van der Waals surface area contributed by atoms with Crippen molar-refractivity contribution in [3.63, 3.8) is 0 Å². The number of rotatable bonds is 9. The normalized spacial score (nSPS) is 17.7. The van der Waals surface area contributed by atoms with Gasteiger partial charge in [-0.1, -0.05) is 31.4 Å². The van der Waals surface area contributed by atoms with E-state index in [1.807, 2.05) is 44.3 Å². The van der Waals surface area contributed by atoms with Gasteiger partial charge in [-0.05, 0) is 50.3 Å². The van der Waals surface area contributed by atoms with E-state index in [2.05, 4.69) is 0 Å². The number of hydrogen-bond donors (Lipinski definition) is 0. The molecule has 6 heteroatoms. The molecule has 0 amide bonds. The van der Waals surface area contributed by atoms with Crippen molar-refractivity contribution in [1.29, 1.82) is 0 Å². The molecule has 5 nitrogen and oxygen atoms in total. The highest BCUT2D eigenvalue weighted by Crippen LogP contribution is 2.61. The molecule has 140 valence electrons. The zero-order valence-electron chi connectivity index (χ0n) is 15.5. The lowest BCUT2D eigenvalue weighted by Gasteiger charge is -2.25. The van der Waals surface area contributed by atoms with Gasteiger partial charge in [0.15, 0.2) is 5.78 Å². The molecule has 1 fully saturated rings. The lowest BCUT2D eigenvalue weighted by atomic mass is 9.90. The van der Waals surface area contributed by atoms with Gasteiger partial charge in [-0.25, -0.2) is 0 Å². The van der Waals surface area contributed by atoms with E-state index in [1.165, 1.54) is 19.3 Å². The van der Waals surface area contributed by atoms with Crippen molar-refractivity contribution in [2.45, 2.75) is 51.7 Å². The monoisotopic (exact) mass is 367 g/mol. The molecule has 25 heavy (non-hydrogen) atoms. The van der Waals surface area contributed by atoms with Gasteiger partial charge in [0.25, 0.3) is 0 Å². The van der Waals surface area contributed by atoms with Gasteiger partial charge in [0.1, 0.15) is 5.75 Å². The largest absolute Gasteiger partial charge is 0.497 e. The van der Waals surface area contributed by atoms with Crippen LogP contribution in [-0.2, 0) is 13.6 Å². The zero-order valence-corrected chi connectivity index (χ0v) is 16.4. The van der Waals surface area contributed by atoms with Gasteiger partial charge >= 0.3 is 7.60 Å². The number of benzene rings is 1. The third kappa shape index (κ3) is 5.67. The third-order valence-electron chi connectivity index (χ3n) is 4.42. The number of nitrogens with zero attached hydrogens (tertiary/aromatic N) is 1. The summed E-state index contributed by atoms with van der Waals surface area (Å²) < 4.78 is 29.7. The fraction of sp³-hybridized carbons (Fsp3) is 0.632. The van der Waals surface area contributed by atoms with E-state index in [4.69, 9.17) is 18.8 Å². The molecule has 0 aromatic heterocycles. The number of hydrogen-bond acceptors (Lipinski definition) is 5. The van der Waals surface area contributed by atoms with Crippen molar-refractivity contribution < 1.29 is 18.3 Å². The zero-order chi connectivity index (χ0) is 18.1. The van der Waals surface area contributed by atoms with E-state index >= 15 is 0 Å². The quantitative estimate of drug-likeness (QED) is 0.420. The van der Waals surface area contributed by atoms with Crippen LogP contribution in [0.1, 0.15) is 57.3 Å². The first-order valence-electron chi connectivity index (χ1n) is 9.19. The maximum absolute atomic E-state index is 13.4. The molecule has 1 unspecified atom stereocenters. The summed E-state index contributed by atoms with van der Waals surface area (Å²) in [4.78, 5) is 4.70. The van der Waals surface area contributed by atoms with E-state index in [-0.39, 0.29) is 0 Å². The van der Waals surface area contributed by atoms with Crippen LogP contribution < -0.4 is 4.74 Å². The second-order valence-electron chi connectivity index (χ2n) is 6.22. The molecular weight excluding hydrogens is 337 g/mol. The second kappa shape index (κ2) is 10.1. The minimum absolute atomic E-state index is 0.322. The molecule has 0 spiro atoms. The van der Waals surface area contributed by atoms with Crippen molar-refractivity contribution in [1.82, 2.24) is 0 Å². The summed E-state index contributed by atoms with van der Waals surface area (Å²) in [5.41, 5.74) is 0.818. The average molecular weight is 367 g/mol. The van der Waals surface area contributed by atoms with Gasteiger partial charge in [0.2, 0.25) is 0 Å². The smallest absolute Gasteiger partial charge is 0.359 e. The van der Waals surface area contributed by atoms with Crippen LogP contribution in [0.5, 0.6) is 5.75 Å². The van der Waals surface area contributed by atoms with E-state index in [0.29, 0.717) is 19.1 Å². The standard InChI is InChI=1S/C19H30NO4P/c1-4-23-25(21,24-5-2)19(17-11-13-18(22-3)14-12-17)20-15-16-9-7-6-8-10-16/h11-16,19H,4-10H2,1-3H3/b20-15+. The molecule has 0 N–H and O–H groups in total. The number of methoxy groups -OCH3 is 1. The Morgan fingerprint density at radius 3 is 2.24 bits per heavy atom. The van der Waals surface area contributed by atoms with Gasteiger partial charge in [-0.3, -0.25) is 9.56 Å². The molecule has 2 rings (SSSR count). The maximum Gasteiger partial charge on any atom is 0.359 e. The molecule has 1 aliphatic carbocycles. The predicted molar refractivity (Wildman–Crippen MR) is 102 cm³/mol. The highest BCUT2D eigenvalue weighted by atomic mass is 31.2. The first kappa shape index (κ1) is 20.2. The average Bonchev–Trinajstić information content (AvgIpc) is 2.63. The minimum Gasteiger partial charge on any atom is -0.497 e. The Labute approximate surface area is 151 Å². The van der Waals surface area contributed by atoms with Crippen LogP contribution in [0.25, 0.3) is 0 Å². The van der Waals surface area contributed by atoms with E-state index < -0.39 is 13.4 Å². The summed E-state index contributed by atoms with van der Waals surface area (Å²) in [7, 11) is -1.76. The fourth-order valence-electron chi connectivity index (χ4n) is 3.15. The number of aliphatic imine (C=N–C) groups is 1. The Morgan fingerprint density at radius 2 is 1.72 bits per heavy atom. The highest BCUT2D eigenvalue weighted by Gasteiger charge is 2.36. The minimum atomic E-state index is -3.38. The molecule has 1 saturated carbocycles. The first-order valence-corrected chi connectivity index (χ1v) is 10.8. The van der Waals surface area contributed by atoms with E-state index in [9.17, 15) is 4.57 Å². The van der Waals surface area contributed by atoms with Crippen LogP contribution in [-0.4, -0.2) is 26.5 Å². The van der Waals surface area contributed by atoms with Gasteiger partial charge < -0.3 is 13.8 Å². The number of ether oxygens (including phenoxy) is 1. The second-order valence-corrected chi connectivity index (χ2v) is 8.30. The molecule has 1 aromatic carbocycles. The van der Waals surface area contributed by atoms with Gasteiger partial charge in [0.05, 0.1) is 20.3 Å².